The number of nitrogens with two attached hydrogens (primary N) is 2. The van der Waals surface area contributed by atoms with Crippen LogP contribution in [0.4, 0.5) is 11.4 Å². The van der Waals surface area contributed by atoms with Gasteiger partial charge >= 0.3 is 0 Å². The van der Waals surface area contributed by atoms with E-state index in [4.69, 9.17) is 16.6 Å². The first-order chi connectivity index (χ1) is 6.49. The summed E-state index contributed by atoms with van der Waals surface area (Å²) in [6, 6.07) is 4.40. The van der Waals surface area contributed by atoms with E-state index in [1.807, 2.05) is 0 Å². The molecule has 0 aliphatic rings. The number of sulfone groups is 1. The second-order valence-electron chi connectivity index (χ2n) is 2.80. The lowest BCUT2D eigenvalue weighted by Gasteiger charge is -2.07. The molecule has 5 nitrogen and oxygen atoms in total. The number of aliphatic hydroxyl groups excluding tert-OH is 1. The number of hydrogen-bond acceptors (Lipinski definition) is 5. The van der Waals surface area contributed by atoms with Crippen molar-refractivity contribution in [3.05, 3.63) is 18.2 Å². The third-order valence-corrected chi connectivity index (χ3v) is 3.54. The number of hydrogen-bond donors (Lipinski definition) is 3. The first kappa shape index (κ1) is 10.8. The topological polar surface area (TPSA) is 106 Å². The summed E-state index contributed by atoms with van der Waals surface area (Å²) in [5.41, 5.74) is 11.2. The van der Waals surface area contributed by atoms with Gasteiger partial charge in [-0.05, 0) is 12.1 Å². The summed E-state index contributed by atoms with van der Waals surface area (Å²) in [7, 11) is -3.52. The predicted molar refractivity (Wildman–Crippen MR) is 54.4 cm³/mol. The molecule has 0 unspecified atom stereocenters. The molecule has 1 rings (SSSR count). The SMILES string of the molecule is Nc1cccc(S(=O)(=O)CCO)c1N. The molecule has 0 saturated heterocycles. The average molecular weight is 216 g/mol. The fraction of sp³-hybridized carbons (Fsp3) is 0.250. The zero-order valence-corrected chi connectivity index (χ0v) is 8.29. The van der Waals surface area contributed by atoms with Gasteiger partial charge in [-0.15, -0.1) is 0 Å². The molecule has 0 fully saturated rings. The fourth-order valence-electron chi connectivity index (χ4n) is 1.06. The molecule has 0 bridgehead atoms. The summed E-state index contributed by atoms with van der Waals surface area (Å²) >= 11 is 0. The lowest BCUT2D eigenvalue weighted by atomic mass is 10.3. The highest BCUT2D eigenvalue weighted by Gasteiger charge is 2.17. The quantitative estimate of drug-likeness (QED) is 0.597. The largest absolute Gasteiger partial charge is 0.397 e. The van der Waals surface area contributed by atoms with Crippen LogP contribution in [0, 0.1) is 0 Å². The van der Waals surface area contributed by atoms with E-state index in [1.54, 1.807) is 0 Å². The first-order valence-corrected chi connectivity index (χ1v) is 5.62. The standard InChI is InChI=1S/C8H12N2O3S/c9-6-2-1-3-7(8(6)10)14(12,13)5-4-11/h1-3,11H,4-5,9-10H2. The molecule has 5 N–H and O–H groups in total. The highest BCUT2D eigenvalue weighted by atomic mass is 32.2. The fourth-order valence-corrected chi connectivity index (χ4v) is 2.26. The zero-order valence-electron chi connectivity index (χ0n) is 7.47. The predicted octanol–water partition coefficient (Wildman–Crippen LogP) is -0.383. The average Bonchev–Trinajstić information content (AvgIpc) is 2.09. The number of benzene rings is 1. The van der Waals surface area contributed by atoms with Gasteiger partial charge in [-0.3, -0.25) is 0 Å². The van der Waals surface area contributed by atoms with Gasteiger partial charge in [0.05, 0.1) is 28.6 Å². The number of aliphatic hydroxyl groups is 1. The molecule has 78 valence electrons. The maximum absolute atomic E-state index is 11.5. The second-order valence-corrected chi connectivity index (χ2v) is 4.88. The molecule has 0 atom stereocenters. The molecular weight excluding hydrogens is 204 g/mol. The summed E-state index contributed by atoms with van der Waals surface area (Å²) in [4.78, 5) is -0.0217. The van der Waals surface area contributed by atoms with Crippen molar-refractivity contribution in [3.8, 4) is 0 Å². The van der Waals surface area contributed by atoms with Crippen LogP contribution in [0.3, 0.4) is 0 Å². The van der Waals surface area contributed by atoms with Gasteiger partial charge in [-0.25, -0.2) is 8.42 Å². The molecule has 0 spiro atoms. The lowest BCUT2D eigenvalue weighted by Crippen LogP contribution is -2.13. The van der Waals surface area contributed by atoms with E-state index in [-0.39, 0.29) is 22.0 Å². The van der Waals surface area contributed by atoms with Crippen molar-refractivity contribution in [2.24, 2.45) is 0 Å². The van der Waals surface area contributed by atoms with E-state index in [1.165, 1.54) is 18.2 Å². The molecule has 6 heteroatoms. The Bertz CT molecular complexity index is 428. The Morgan fingerprint density at radius 2 is 1.93 bits per heavy atom. The number of rotatable bonds is 3. The van der Waals surface area contributed by atoms with E-state index in [2.05, 4.69) is 0 Å². The number of nitrogen functional groups attached to an aromatic ring is 2. The third-order valence-electron chi connectivity index (χ3n) is 1.79. The van der Waals surface area contributed by atoms with Crippen LogP contribution in [0.25, 0.3) is 0 Å². The molecule has 0 aliphatic heterocycles. The normalized spacial score (nSPS) is 11.5. The van der Waals surface area contributed by atoms with E-state index in [9.17, 15) is 8.42 Å². The maximum Gasteiger partial charge on any atom is 0.182 e. The molecule has 0 radical (unpaired) electrons. The zero-order chi connectivity index (χ0) is 10.8. The minimum atomic E-state index is -3.52. The van der Waals surface area contributed by atoms with Crippen LogP contribution in [-0.2, 0) is 9.84 Å². The van der Waals surface area contributed by atoms with Crippen LogP contribution in [0.1, 0.15) is 0 Å². The van der Waals surface area contributed by atoms with Crippen LogP contribution in [0.15, 0.2) is 23.1 Å². The van der Waals surface area contributed by atoms with Gasteiger partial charge < -0.3 is 16.6 Å². The molecular formula is C8H12N2O3S. The summed E-state index contributed by atoms with van der Waals surface area (Å²) in [5, 5.41) is 8.57. The van der Waals surface area contributed by atoms with Gasteiger partial charge in [0.15, 0.2) is 9.84 Å². The molecule has 0 saturated carbocycles. The van der Waals surface area contributed by atoms with Crippen molar-refractivity contribution in [3.63, 3.8) is 0 Å². The van der Waals surface area contributed by atoms with Crippen LogP contribution < -0.4 is 11.5 Å². The minimum absolute atomic E-state index is 0.0217. The van der Waals surface area contributed by atoms with Gasteiger partial charge in [0.1, 0.15) is 0 Å². The molecule has 0 heterocycles. The van der Waals surface area contributed by atoms with Gasteiger partial charge in [-0.2, -0.15) is 0 Å². The Morgan fingerprint density at radius 1 is 1.29 bits per heavy atom. The Balaban J connectivity index is 3.27. The van der Waals surface area contributed by atoms with Crippen molar-refractivity contribution in [1.29, 1.82) is 0 Å². The van der Waals surface area contributed by atoms with Crippen molar-refractivity contribution in [2.75, 3.05) is 23.8 Å². The number of anilines is 2. The number of para-hydroxylation sites is 1. The Labute approximate surface area is 82.3 Å². The highest BCUT2D eigenvalue weighted by molar-refractivity contribution is 7.91. The summed E-state index contributed by atoms with van der Waals surface area (Å²) < 4.78 is 23.0. The molecule has 0 aliphatic carbocycles. The maximum atomic E-state index is 11.5. The second kappa shape index (κ2) is 3.85. The summed E-state index contributed by atoms with van der Waals surface area (Å²) in [5.74, 6) is -0.347. The van der Waals surface area contributed by atoms with Crippen LogP contribution in [-0.4, -0.2) is 25.9 Å². The van der Waals surface area contributed by atoms with Gasteiger partial charge in [-0.1, -0.05) is 6.07 Å². The van der Waals surface area contributed by atoms with Crippen molar-refractivity contribution in [2.45, 2.75) is 4.90 Å². The molecule has 0 amide bonds. The molecule has 0 aromatic heterocycles. The molecule has 1 aromatic rings. The smallest absolute Gasteiger partial charge is 0.182 e. The van der Waals surface area contributed by atoms with Gasteiger partial charge in [0.25, 0.3) is 0 Å². The van der Waals surface area contributed by atoms with Crippen molar-refractivity contribution < 1.29 is 13.5 Å². The summed E-state index contributed by atoms with van der Waals surface area (Å²) in [6.07, 6.45) is 0. The van der Waals surface area contributed by atoms with E-state index >= 15 is 0 Å². The van der Waals surface area contributed by atoms with E-state index in [0.717, 1.165) is 0 Å². The van der Waals surface area contributed by atoms with E-state index in [0.29, 0.717) is 0 Å². The molecule has 14 heavy (non-hydrogen) atoms. The van der Waals surface area contributed by atoms with Crippen molar-refractivity contribution in [1.82, 2.24) is 0 Å². The van der Waals surface area contributed by atoms with Gasteiger partial charge in [0.2, 0.25) is 0 Å². The molecule has 1 aromatic carbocycles. The Hall–Kier alpha value is -1.27. The first-order valence-electron chi connectivity index (χ1n) is 3.96. The monoisotopic (exact) mass is 216 g/mol. The van der Waals surface area contributed by atoms with Crippen LogP contribution in [0.2, 0.25) is 0 Å². The minimum Gasteiger partial charge on any atom is -0.397 e. The lowest BCUT2D eigenvalue weighted by molar-refractivity contribution is 0.319. The third kappa shape index (κ3) is 1.97. The van der Waals surface area contributed by atoms with Gasteiger partial charge in [0, 0.05) is 0 Å². The Kier molecular flexibility index (Phi) is 2.97. The van der Waals surface area contributed by atoms with Crippen LogP contribution in [0.5, 0.6) is 0 Å². The van der Waals surface area contributed by atoms with Crippen molar-refractivity contribution >= 4 is 21.2 Å². The highest BCUT2D eigenvalue weighted by Crippen LogP contribution is 2.24. The summed E-state index contributed by atoms with van der Waals surface area (Å²) in [6.45, 7) is -0.434. The van der Waals surface area contributed by atoms with Crippen LogP contribution >= 0.6 is 0 Å². The van der Waals surface area contributed by atoms with E-state index < -0.39 is 16.4 Å². The Morgan fingerprint density at radius 3 is 2.50 bits per heavy atom.